The van der Waals surface area contributed by atoms with E-state index in [1.54, 1.807) is 31.4 Å². The number of nitrogens with zero attached hydrogens (tertiary/aromatic N) is 4. The predicted octanol–water partition coefficient (Wildman–Crippen LogP) is 1.15. The predicted molar refractivity (Wildman–Crippen MR) is 267 cm³/mol. The minimum absolute atomic E-state index is 0.0133. The SMILES string of the molecule is CCc1c2c(nc3ccccc13)-c1cc3c(c(=O)n1C2)COC(=O)[C@@]3(CC)OC(=O)[C@@H](NC(=O)[C@@H]1CCCN1C(=O)[C@H](CC(=O)OCC[N+](C)(C)C)NC(=O)CCOCCOCCOCCN)C(C)C.O=C([O-])C(F)(F)F. The maximum Gasteiger partial charge on any atom is 0.430 e. The van der Waals surface area contributed by atoms with Gasteiger partial charge in [0.25, 0.3) is 5.56 Å². The number of fused-ring (bicyclic) bond motifs is 5. The lowest BCUT2D eigenvalue weighted by molar-refractivity contribution is -0.870. The molecule has 22 nitrogen and oxygen atoms in total. The number of cyclic esters (lactones) is 1. The third-order valence-corrected chi connectivity index (χ3v) is 13.1. The third kappa shape index (κ3) is 15.6. The Kier molecular flexibility index (Phi) is 21.6. The number of carbonyl (C=O) groups excluding carboxylic acids is 7. The highest BCUT2D eigenvalue weighted by molar-refractivity contribution is 5.96. The summed E-state index contributed by atoms with van der Waals surface area (Å²) in [6.07, 6.45) is -4.56. The summed E-state index contributed by atoms with van der Waals surface area (Å²) in [7, 11) is 5.81. The zero-order valence-corrected chi connectivity index (χ0v) is 44.5. The number of aryl methyl sites for hydroxylation is 1. The summed E-state index contributed by atoms with van der Waals surface area (Å²) in [5, 5.41) is 15.2. The van der Waals surface area contributed by atoms with E-state index in [0.717, 1.165) is 22.0 Å². The molecule has 3 aromatic rings. The van der Waals surface area contributed by atoms with Crippen LogP contribution < -0.4 is 27.0 Å². The molecular formula is C52H70F3N7O15. The minimum atomic E-state index is -5.19. The Labute approximate surface area is 443 Å². The first-order chi connectivity index (χ1) is 36.4. The molecule has 0 radical (unpaired) electrons. The Balaban J connectivity index is 0.00000146. The number of para-hydroxylation sites is 1. The Morgan fingerprint density at radius 1 is 0.948 bits per heavy atom. The van der Waals surface area contributed by atoms with E-state index < -0.39 is 83.8 Å². The molecule has 1 aromatic carbocycles. The van der Waals surface area contributed by atoms with Crippen molar-refractivity contribution in [2.75, 3.05) is 87.0 Å². The fourth-order valence-corrected chi connectivity index (χ4v) is 9.08. The van der Waals surface area contributed by atoms with E-state index in [0.29, 0.717) is 61.6 Å². The van der Waals surface area contributed by atoms with Gasteiger partial charge in [-0.2, -0.15) is 13.2 Å². The number of halogens is 3. The summed E-state index contributed by atoms with van der Waals surface area (Å²) in [4.78, 5) is 113. The number of carbonyl (C=O) groups is 7. The molecule has 4 atom stereocenters. The fraction of sp³-hybridized carbons (Fsp3) is 0.596. The standard InChI is InChI=1S/C50H69N7O13.C2HF3O2/c1-8-32-33-13-10-11-14-37(33)53-44-34(32)29-56-40(44)27-36-35(46(56)61)30-69-49(64)50(36,9-2)70-48(63)43(31(3)4)54-45(60)39-15-12-18-55(39)47(62)38(28-42(59)68-22-19-57(5,6)7)52-41(58)16-20-65-23-25-67-26-24-66-21-17-51;3-2(4,5)1(6)7/h10-11,13-14,27,31,38-39,43H,8-9,12,15-26,28-30,51H2,1-7H3,(H-,52,54,58,60);(H,6,7)/t38-,39-,43-,50-;/m0./s1. The Hall–Kier alpha value is -6.54. The molecule has 0 saturated carbocycles. The van der Waals surface area contributed by atoms with E-state index in [4.69, 9.17) is 49.0 Å². The van der Waals surface area contributed by atoms with Crippen LogP contribution in [0.1, 0.15) is 82.1 Å². The molecule has 1 saturated heterocycles. The number of quaternary nitrogens is 1. The lowest BCUT2D eigenvalue weighted by Gasteiger charge is -2.37. The van der Waals surface area contributed by atoms with Crippen molar-refractivity contribution >= 4 is 52.5 Å². The number of carboxylic acid groups (broad SMARTS) is 1. The van der Waals surface area contributed by atoms with Crippen LogP contribution >= 0.6 is 0 Å². The average molecular weight is 1090 g/mol. The first-order valence-corrected chi connectivity index (χ1v) is 25.5. The number of aliphatic carboxylic acids is 1. The number of nitrogens with two attached hydrogens (primary N) is 1. The molecule has 25 heteroatoms. The highest BCUT2D eigenvalue weighted by Gasteiger charge is 2.52. The van der Waals surface area contributed by atoms with Crippen LogP contribution in [0.4, 0.5) is 13.2 Å². The summed E-state index contributed by atoms with van der Waals surface area (Å²) >= 11 is 0. The van der Waals surface area contributed by atoms with Crippen LogP contribution in [-0.4, -0.2) is 172 Å². The lowest BCUT2D eigenvalue weighted by Crippen LogP contribution is -2.57. The summed E-state index contributed by atoms with van der Waals surface area (Å²) in [5.74, 6) is -8.00. The van der Waals surface area contributed by atoms with Gasteiger partial charge in [-0.05, 0) is 49.3 Å². The van der Waals surface area contributed by atoms with Crippen LogP contribution in [0.5, 0.6) is 0 Å². The first kappa shape index (κ1) is 61.3. The molecule has 0 aliphatic carbocycles. The van der Waals surface area contributed by atoms with Crippen LogP contribution in [0.2, 0.25) is 0 Å². The van der Waals surface area contributed by atoms with Crippen LogP contribution in [0, 0.1) is 5.92 Å². The maximum atomic E-state index is 14.4. The molecule has 3 aliphatic rings. The summed E-state index contributed by atoms with van der Waals surface area (Å²) < 4.78 is 67.2. The van der Waals surface area contributed by atoms with Gasteiger partial charge in [-0.3, -0.25) is 24.0 Å². The van der Waals surface area contributed by atoms with Crippen molar-refractivity contribution in [3.8, 4) is 11.4 Å². The van der Waals surface area contributed by atoms with Crippen LogP contribution in [0.3, 0.4) is 0 Å². The second-order valence-electron chi connectivity index (χ2n) is 19.9. The number of benzene rings is 1. The zero-order chi connectivity index (χ0) is 56.8. The number of likely N-dealkylation sites (N-methyl/N-ethyl adjacent to an activating group) is 1. The summed E-state index contributed by atoms with van der Waals surface area (Å²) in [6, 6.07) is 5.69. The van der Waals surface area contributed by atoms with Gasteiger partial charge in [0.1, 0.15) is 43.9 Å². The van der Waals surface area contributed by atoms with E-state index >= 15 is 0 Å². The van der Waals surface area contributed by atoms with Crippen LogP contribution in [0.15, 0.2) is 35.1 Å². The Bertz CT molecular complexity index is 2690. The zero-order valence-electron chi connectivity index (χ0n) is 44.5. The molecule has 424 valence electrons. The van der Waals surface area contributed by atoms with E-state index in [2.05, 4.69) is 10.6 Å². The molecule has 77 heavy (non-hydrogen) atoms. The lowest BCUT2D eigenvalue weighted by atomic mass is 9.85. The second kappa shape index (κ2) is 27.2. The van der Waals surface area contributed by atoms with E-state index in [1.165, 1.54) is 4.90 Å². The molecule has 1 fully saturated rings. The smallest absolute Gasteiger partial charge is 0.430 e. The minimum Gasteiger partial charge on any atom is -0.542 e. The normalized spacial score (nSPS) is 17.5. The molecule has 6 rings (SSSR count). The van der Waals surface area contributed by atoms with Gasteiger partial charge >= 0.3 is 24.1 Å². The Morgan fingerprint density at radius 3 is 2.21 bits per heavy atom. The van der Waals surface area contributed by atoms with Gasteiger partial charge in [0, 0.05) is 36.0 Å². The molecule has 3 aliphatic heterocycles. The third-order valence-electron chi connectivity index (χ3n) is 13.1. The highest BCUT2D eigenvalue weighted by atomic mass is 19.4. The number of nitrogens with one attached hydrogen (secondary N) is 2. The van der Waals surface area contributed by atoms with Crippen molar-refractivity contribution < 1.29 is 84.7 Å². The second-order valence-corrected chi connectivity index (χ2v) is 19.9. The fourth-order valence-electron chi connectivity index (χ4n) is 9.08. The molecule has 0 bridgehead atoms. The first-order valence-electron chi connectivity index (χ1n) is 25.5. The van der Waals surface area contributed by atoms with Crippen LogP contribution in [0.25, 0.3) is 22.3 Å². The molecule has 4 N–H and O–H groups in total. The van der Waals surface area contributed by atoms with Crippen molar-refractivity contribution in [2.24, 2.45) is 11.7 Å². The van der Waals surface area contributed by atoms with Gasteiger partial charge in [-0.15, -0.1) is 0 Å². The molecule has 0 spiro atoms. The number of hydrogen-bond donors (Lipinski definition) is 3. The summed E-state index contributed by atoms with van der Waals surface area (Å²) in [5.41, 5.74) is 7.18. The monoisotopic (exact) mass is 1090 g/mol. The van der Waals surface area contributed by atoms with Gasteiger partial charge in [-0.1, -0.05) is 45.9 Å². The number of rotatable bonds is 25. The van der Waals surface area contributed by atoms with Gasteiger partial charge in [0.05, 0.1) is 96.2 Å². The van der Waals surface area contributed by atoms with Crippen molar-refractivity contribution in [3.63, 3.8) is 0 Å². The van der Waals surface area contributed by atoms with Crippen molar-refractivity contribution in [1.82, 2.24) is 25.1 Å². The number of hydrogen-bond acceptors (Lipinski definition) is 17. The number of likely N-dealkylation sites (tertiary alicyclic amines) is 1. The largest absolute Gasteiger partial charge is 0.542 e. The number of aromatic nitrogens is 2. The van der Waals surface area contributed by atoms with Crippen molar-refractivity contribution in [3.05, 3.63) is 62.9 Å². The number of amides is 3. The number of alkyl halides is 3. The Morgan fingerprint density at radius 2 is 1.60 bits per heavy atom. The topological polar surface area (TPSA) is 286 Å². The maximum absolute atomic E-state index is 14.4. The average Bonchev–Trinajstić information content (AvgIpc) is 4.02. The number of ether oxygens (including phenoxy) is 6. The van der Waals surface area contributed by atoms with Gasteiger partial charge < -0.3 is 68.6 Å². The van der Waals surface area contributed by atoms with Gasteiger partial charge in [0.2, 0.25) is 23.3 Å². The van der Waals surface area contributed by atoms with E-state index in [1.807, 2.05) is 52.3 Å². The van der Waals surface area contributed by atoms with E-state index in [9.17, 15) is 46.7 Å². The molecule has 3 amide bonds. The van der Waals surface area contributed by atoms with Gasteiger partial charge in [-0.25, -0.2) is 14.6 Å². The number of esters is 3. The van der Waals surface area contributed by atoms with Gasteiger partial charge in [0.15, 0.2) is 0 Å². The van der Waals surface area contributed by atoms with Crippen molar-refractivity contribution in [2.45, 2.75) is 109 Å². The molecular weight excluding hydrogens is 1020 g/mol. The quantitative estimate of drug-likeness (QED) is 0.0363. The van der Waals surface area contributed by atoms with Crippen LogP contribution in [-0.2, 0) is 87.2 Å². The number of pyridine rings is 2. The summed E-state index contributed by atoms with van der Waals surface area (Å²) in [6.45, 7) is 9.86. The van der Waals surface area contributed by atoms with E-state index in [-0.39, 0.29) is 82.1 Å². The highest BCUT2D eigenvalue weighted by Crippen LogP contribution is 2.42. The molecule has 5 heterocycles. The molecule has 0 unspecified atom stereocenters. The van der Waals surface area contributed by atoms with Crippen molar-refractivity contribution in [1.29, 1.82) is 0 Å². The molecule has 2 aromatic heterocycles. The number of carboxylic acids is 1.